The number of hydrogen-bond donors (Lipinski definition) is 1. The van der Waals surface area contributed by atoms with Crippen LogP contribution in [0.15, 0.2) is 40.1 Å². The number of hydrogen-bond acceptors (Lipinski definition) is 7. The predicted octanol–water partition coefficient (Wildman–Crippen LogP) is 2.95. The molecule has 186 valence electrons. The zero-order valence-electron chi connectivity index (χ0n) is 20.5. The first-order valence-corrected chi connectivity index (χ1v) is 14.2. The van der Waals surface area contributed by atoms with Gasteiger partial charge in [-0.2, -0.15) is 0 Å². The van der Waals surface area contributed by atoms with Crippen LogP contribution in [-0.4, -0.2) is 46.3 Å². The molecule has 2 heterocycles. The van der Waals surface area contributed by atoms with Crippen molar-refractivity contribution < 1.29 is 19.2 Å². The van der Waals surface area contributed by atoms with Gasteiger partial charge in [-0.3, -0.25) is 24.0 Å². The number of aliphatic hydroxyl groups excluding tert-OH is 1. The molecule has 1 fully saturated rings. The van der Waals surface area contributed by atoms with E-state index < -0.39 is 42.9 Å². The molecule has 0 aliphatic carbocycles. The lowest BCUT2D eigenvalue weighted by Gasteiger charge is -2.37. The smallest absolute Gasteiger partial charge is 0.333 e. The van der Waals surface area contributed by atoms with Crippen LogP contribution < -0.4 is 11.2 Å². The van der Waals surface area contributed by atoms with Crippen LogP contribution in [0.25, 0.3) is 0 Å². The lowest BCUT2D eigenvalue weighted by Crippen LogP contribution is -2.44. The van der Waals surface area contributed by atoms with Crippen molar-refractivity contribution >= 4 is 14.0 Å². The minimum atomic E-state index is -2.06. The van der Waals surface area contributed by atoms with E-state index in [1.807, 2.05) is 0 Å². The van der Waals surface area contributed by atoms with Gasteiger partial charge in [0.2, 0.25) is 0 Å². The Morgan fingerprint density at radius 2 is 1.91 bits per heavy atom. The number of nitrogens with zero attached hydrogens (tertiary/aromatic N) is 3. The van der Waals surface area contributed by atoms with Gasteiger partial charge in [-0.25, -0.2) is 4.79 Å². The number of aliphatic hydroxyl groups is 1. The van der Waals surface area contributed by atoms with Gasteiger partial charge in [0, 0.05) is 29.8 Å². The first-order chi connectivity index (χ1) is 15.7. The fourth-order valence-electron chi connectivity index (χ4n) is 3.64. The molecule has 2 aromatic rings. The molecular formula is C23H33N3O7Si. The van der Waals surface area contributed by atoms with Crippen LogP contribution in [0.3, 0.4) is 0 Å². The summed E-state index contributed by atoms with van der Waals surface area (Å²) in [5, 5.41) is 22.0. The summed E-state index contributed by atoms with van der Waals surface area (Å²) < 4.78 is 14.4. The Morgan fingerprint density at radius 1 is 1.26 bits per heavy atom. The van der Waals surface area contributed by atoms with E-state index in [0.717, 1.165) is 4.57 Å². The standard InChI is InChI=1S/C23H33N3O7Si/c1-15-12-24(20-11-18(27)19(33-20)14-32-34(5,6)23(2,3)4)22(29)25(21(15)28)13-16-9-7-8-10-17(16)26(30)31/h7-10,12,18-20,27H,11,13-14H2,1-6H3/t18?,19-,20-/m1/s1. The van der Waals surface area contributed by atoms with Crippen LogP contribution in [0, 0.1) is 17.0 Å². The van der Waals surface area contributed by atoms with Crippen molar-refractivity contribution in [3.8, 4) is 0 Å². The maximum absolute atomic E-state index is 13.2. The highest BCUT2D eigenvalue weighted by atomic mass is 28.4. The van der Waals surface area contributed by atoms with Gasteiger partial charge >= 0.3 is 5.69 Å². The molecule has 0 bridgehead atoms. The topological polar surface area (TPSA) is 126 Å². The summed E-state index contributed by atoms with van der Waals surface area (Å²) in [6.07, 6.45) is -0.657. The third kappa shape index (κ3) is 5.22. The summed E-state index contributed by atoms with van der Waals surface area (Å²) in [5.74, 6) is 0. The van der Waals surface area contributed by atoms with Gasteiger partial charge in [0.25, 0.3) is 11.2 Å². The zero-order chi connectivity index (χ0) is 25.4. The Balaban J connectivity index is 1.88. The molecule has 1 aliphatic heterocycles. The van der Waals surface area contributed by atoms with Crippen molar-refractivity contribution in [1.29, 1.82) is 0 Å². The van der Waals surface area contributed by atoms with Gasteiger partial charge in [0.1, 0.15) is 12.3 Å². The van der Waals surface area contributed by atoms with Gasteiger partial charge < -0.3 is 14.3 Å². The van der Waals surface area contributed by atoms with Crippen LogP contribution in [0.2, 0.25) is 18.1 Å². The van der Waals surface area contributed by atoms with Crippen molar-refractivity contribution in [2.75, 3.05) is 6.61 Å². The highest BCUT2D eigenvalue weighted by molar-refractivity contribution is 6.74. The molecule has 1 unspecified atom stereocenters. The van der Waals surface area contributed by atoms with Crippen LogP contribution in [0.4, 0.5) is 5.69 Å². The number of nitro groups is 1. The molecule has 11 heteroatoms. The number of benzene rings is 1. The van der Waals surface area contributed by atoms with Crippen LogP contribution >= 0.6 is 0 Å². The summed E-state index contributed by atoms with van der Waals surface area (Å²) in [6.45, 7) is 12.1. The van der Waals surface area contributed by atoms with Gasteiger partial charge in [0.15, 0.2) is 8.32 Å². The molecule has 1 aliphatic rings. The van der Waals surface area contributed by atoms with Crippen LogP contribution in [0.1, 0.15) is 44.5 Å². The van der Waals surface area contributed by atoms with Crippen LogP contribution in [0.5, 0.6) is 0 Å². The maximum atomic E-state index is 13.2. The van der Waals surface area contributed by atoms with E-state index in [9.17, 15) is 24.8 Å². The van der Waals surface area contributed by atoms with E-state index in [4.69, 9.17) is 9.16 Å². The predicted molar refractivity (Wildman–Crippen MR) is 130 cm³/mol. The summed E-state index contributed by atoms with van der Waals surface area (Å²) in [7, 11) is -2.06. The van der Waals surface area contributed by atoms with Crippen molar-refractivity contribution in [2.24, 2.45) is 0 Å². The minimum absolute atomic E-state index is 0.000441. The molecule has 0 spiro atoms. The second kappa shape index (κ2) is 9.57. The fraction of sp³-hybridized carbons (Fsp3) is 0.565. The van der Waals surface area contributed by atoms with E-state index in [-0.39, 0.29) is 41.4 Å². The van der Waals surface area contributed by atoms with E-state index in [0.29, 0.717) is 0 Å². The average Bonchev–Trinajstić information content (AvgIpc) is 3.12. The van der Waals surface area contributed by atoms with Crippen molar-refractivity contribution in [1.82, 2.24) is 9.13 Å². The molecule has 10 nitrogen and oxygen atoms in total. The molecule has 1 N–H and O–H groups in total. The molecule has 0 saturated carbocycles. The van der Waals surface area contributed by atoms with E-state index >= 15 is 0 Å². The Bertz CT molecular complexity index is 1180. The summed E-state index contributed by atoms with van der Waals surface area (Å²) in [4.78, 5) is 36.8. The summed E-state index contributed by atoms with van der Waals surface area (Å²) >= 11 is 0. The van der Waals surface area contributed by atoms with Gasteiger partial charge in [-0.05, 0) is 25.1 Å². The maximum Gasteiger partial charge on any atom is 0.333 e. The van der Waals surface area contributed by atoms with Gasteiger partial charge in [-0.15, -0.1) is 0 Å². The largest absolute Gasteiger partial charge is 0.414 e. The first-order valence-electron chi connectivity index (χ1n) is 11.3. The van der Waals surface area contributed by atoms with E-state index in [1.54, 1.807) is 13.0 Å². The number of nitro benzene ring substituents is 1. The van der Waals surface area contributed by atoms with E-state index in [1.165, 1.54) is 29.0 Å². The number of rotatable bonds is 7. The zero-order valence-corrected chi connectivity index (χ0v) is 21.5. The third-order valence-electron chi connectivity index (χ3n) is 6.81. The Labute approximate surface area is 199 Å². The number of ether oxygens (including phenoxy) is 1. The molecule has 1 saturated heterocycles. The quantitative estimate of drug-likeness (QED) is 0.358. The highest BCUT2D eigenvalue weighted by Crippen LogP contribution is 2.37. The van der Waals surface area contributed by atoms with Crippen LogP contribution in [-0.2, 0) is 15.7 Å². The minimum Gasteiger partial charge on any atom is -0.414 e. The number of aromatic nitrogens is 2. The molecule has 1 aromatic heterocycles. The second-order valence-electron chi connectivity index (χ2n) is 10.3. The fourth-order valence-corrected chi connectivity index (χ4v) is 4.65. The van der Waals surface area contributed by atoms with Crippen molar-refractivity contribution in [3.63, 3.8) is 0 Å². The summed E-state index contributed by atoms with van der Waals surface area (Å²) in [6, 6.07) is 5.99. The Morgan fingerprint density at radius 3 is 2.53 bits per heavy atom. The normalized spacial score (nSPS) is 21.1. The molecule has 0 amide bonds. The Kier molecular flexibility index (Phi) is 7.32. The highest BCUT2D eigenvalue weighted by Gasteiger charge is 2.41. The summed E-state index contributed by atoms with van der Waals surface area (Å²) in [5.41, 5.74) is -0.820. The van der Waals surface area contributed by atoms with Gasteiger partial charge in [0.05, 0.1) is 24.2 Å². The lowest BCUT2D eigenvalue weighted by molar-refractivity contribution is -0.385. The van der Waals surface area contributed by atoms with E-state index in [2.05, 4.69) is 33.9 Å². The molecule has 1 aromatic carbocycles. The Hall–Kier alpha value is -2.60. The molecule has 0 radical (unpaired) electrons. The van der Waals surface area contributed by atoms with Crippen molar-refractivity contribution in [3.05, 3.63) is 72.5 Å². The lowest BCUT2D eigenvalue weighted by atomic mass is 10.1. The average molecular weight is 492 g/mol. The molecule has 34 heavy (non-hydrogen) atoms. The SMILES string of the molecule is Cc1cn([C@H]2CC(O)[C@@H](CO[Si](C)(C)C(C)(C)C)O2)c(=O)n(Cc2ccccc2[N+](=O)[O-])c1=O. The second-order valence-corrected chi connectivity index (χ2v) is 15.1. The molecular weight excluding hydrogens is 458 g/mol. The first kappa shape index (κ1) is 26.0. The van der Waals surface area contributed by atoms with Gasteiger partial charge in [-0.1, -0.05) is 39.0 Å². The number of para-hydroxylation sites is 1. The van der Waals surface area contributed by atoms with Crippen molar-refractivity contribution in [2.45, 2.75) is 77.2 Å². The monoisotopic (exact) mass is 491 g/mol. The molecule has 3 atom stereocenters. The molecule has 3 rings (SSSR count). The third-order valence-corrected chi connectivity index (χ3v) is 11.3. The number of aryl methyl sites for hydroxylation is 1.